The maximum absolute atomic E-state index is 12.7. The van der Waals surface area contributed by atoms with Crippen LogP contribution in [-0.2, 0) is 27.3 Å². The Morgan fingerprint density at radius 3 is 2.57 bits per heavy atom. The van der Waals surface area contributed by atoms with Crippen LogP contribution in [0.15, 0.2) is 46.3 Å². The summed E-state index contributed by atoms with van der Waals surface area (Å²) in [5.74, 6) is 0.0917. The fourth-order valence-electron chi connectivity index (χ4n) is 3.65. The molecule has 1 fully saturated rings. The van der Waals surface area contributed by atoms with E-state index in [2.05, 4.69) is 19.1 Å². The molecule has 0 spiro atoms. The van der Waals surface area contributed by atoms with Crippen molar-refractivity contribution in [2.75, 3.05) is 14.1 Å². The summed E-state index contributed by atoms with van der Waals surface area (Å²) in [6.07, 6.45) is -0.229. The van der Waals surface area contributed by atoms with E-state index in [1.54, 1.807) is 11.8 Å². The lowest BCUT2D eigenvalue weighted by Crippen LogP contribution is -2.51. The zero-order valence-corrected chi connectivity index (χ0v) is 20.6. The highest BCUT2D eigenvalue weighted by atomic mass is 32.2. The largest absolute Gasteiger partial charge is 0.611 e. The Hall–Kier alpha value is -0.990. The third-order valence-electron chi connectivity index (χ3n) is 5.39. The normalized spacial score (nSPS) is 30.6. The SMILES string of the molecule is CC(=C[S+]([O-])C(C)(C)C)[C@H]1O[C@@H]2SC(N(C)C)=N[C@@H]2[C@@H](OCc2ccccc2)[C@@H]1C. The van der Waals surface area contributed by atoms with Gasteiger partial charge < -0.3 is 18.9 Å². The van der Waals surface area contributed by atoms with Gasteiger partial charge in [0.1, 0.15) is 21.6 Å². The Kier molecular flexibility index (Phi) is 7.62. The summed E-state index contributed by atoms with van der Waals surface area (Å²) < 4.78 is 25.4. The highest BCUT2D eigenvalue weighted by Crippen LogP contribution is 2.42. The maximum atomic E-state index is 12.7. The van der Waals surface area contributed by atoms with Crippen molar-refractivity contribution in [3.05, 3.63) is 46.9 Å². The highest BCUT2D eigenvalue weighted by molar-refractivity contribution is 8.14. The summed E-state index contributed by atoms with van der Waals surface area (Å²) in [4.78, 5) is 6.95. The molecule has 6 atom stereocenters. The lowest BCUT2D eigenvalue weighted by Gasteiger charge is -2.42. The Balaban J connectivity index is 1.83. The Morgan fingerprint density at radius 2 is 1.97 bits per heavy atom. The van der Waals surface area contributed by atoms with Crippen LogP contribution in [0.2, 0.25) is 0 Å². The second kappa shape index (κ2) is 9.65. The van der Waals surface area contributed by atoms with E-state index in [1.807, 2.05) is 70.3 Å². The van der Waals surface area contributed by atoms with Crippen LogP contribution in [0.4, 0.5) is 0 Å². The first kappa shape index (κ1) is 23.7. The first-order chi connectivity index (χ1) is 14.1. The zero-order chi connectivity index (χ0) is 22.1. The second-order valence-corrected chi connectivity index (χ2v) is 12.4. The van der Waals surface area contributed by atoms with Crippen molar-refractivity contribution in [3.8, 4) is 0 Å². The maximum Gasteiger partial charge on any atom is 0.161 e. The van der Waals surface area contributed by atoms with Crippen molar-refractivity contribution in [2.45, 2.75) is 69.7 Å². The summed E-state index contributed by atoms with van der Waals surface area (Å²) >= 11 is 0.570. The quantitative estimate of drug-likeness (QED) is 0.622. The first-order valence-electron chi connectivity index (χ1n) is 10.4. The van der Waals surface area contributed by atoms with Crippen LogP contribution in [-0.4, -0.2) is 57.1 Å². The molecule has 1 aromatic rings. The zero-order valence-electron chi connectivity index (χ0n) is 19.0. The van der Waals surface area contributed by atoms with Crippen LogP contribution in [0.5, 0.6) is 0 Å². The molecule has 1 unspecified atom stereocenters. The number of rotatable bonds is 5. The molecule has 0 N–H and O–H groups in total. The van der Waals surface area contributed by atoms with E-state index in [0.717, 1.165) is 16.3 Å². The monoisotopic (exact) mass is 450 g/mol. The fourth-order valence-corrected chi connectivity index (χ4v) is 5.61. The molecule has 2 aliphatic rings. The number of ether oxygens (including phenoxy) is 2. The molecule has 1 aromatic carbocycles. The third kappa shape index (κ3) is 5.43. The van der Waals surface area contributed by atoms with Gasteiger partial charge in [0.15, 0.2) is 5.17 Å². The van der Waals surface area contributed by atoms with Crippen LogP contribution >= 0.6 is 11.8 Å². The Labute approximate surface area is 188 Å². The number of thioether (sulfide) groups is 1. The summed E-state index contributed by atoms with van der Waals surface area (Å²) in [5, 5.41) is 2.83. The molecule has 0 aliphatic carbocycles. The molecule has 0 aromatic heterocycles. The molecule has 1 saturated heterocycles. The van der Waals surface area contributed by atoms with Gasteiger partial charge in [-0.2, -0.15) is 0 Å². The van der Waals surface area contributed by atoms with Crippen molar-refractivity contribution < 1.29 is 14.0 Å². The van der Waals surface area contributed by atoms with Gasteiger partial charge in [0.2, 0.25) is 0 Å². The number of amidine groups is 1. The van der Waals surface area contributed by atoms with Crippen molar-refractivity contribution >= 4 is 28.1 Å². The molecular formula is C23H34N2O3S2. The minimum Gasteiger partial charge on any atom is -0.611 e. The van der Waals surface area contributed by atoms with Gasteiger partial charge in [0.05, 0.1) is 18.8 Å². The molecule has 2 aliphatic heterocycles. The number of hydrogen-bond donors (Lipinski definition) is 0. The van der Waals surface area contributed by atoms with Gasteiger partial charge in [-0.1, -0.05) is 49.0 Å². The smallest absolute Gasteiger partial charge is 0.161 e. The summed E-state index contributed by atoms with van der Waals surface area (Å²) in [7, 11) is 4.00. The molecule has 7 heteroatoms. The predicted molar refractivity (Wildman–Crippen MR) is 127 cm³/mol. The minimum atomic E-state index is -1.08. The number of fused-ring (bicyclic) bond motifs is 1. The summed E-state index contributed by atoms with van der Waals surface area (Å²) in [6, 6.07) is 10.2. The molecule has 3 rings (SSSR count). The van der Waals surface area contributed by atoms with Crippen LogP contribution in [0.3, 0.4) is 0 Å². The van der Waals surface area contributed by atoms with Crippen LogP contribution < -0.4 is 0 Å². The standard InChI is InChI=1S/C23H34N2O3S2/c1-15(14-30(26)23(3,4)5)19-16(2)20(27-13-17-11-9-8-10-12-17)18-21(28-19)29-22(24-18)25(6)7/h8-12,14,16,18-21H,13H2,1-7H3/t16-,18-,19-,20+,21-,30?/m1/s1. The van der Waals surface area contributed by atoms with E-state index in [-0.39, 0.29) is 34.4 Å². The predicted octanol–water partition coefficient (Wildman–Crippen LogP) is 4.42. The van der Waals surface area contributed by atoms with E-state index >= 15 is 0 Å². The van der Waals surface area contributed by atoms with E-state index in [9.17, 15) is 4.55 Å². The van der Waals surface area contributed by atoms with Crippen molar-refractivity contribution in [1.29, 1.82) is 0 Å². The lowest BCUT2D eigenvalue weighted by molar-refractivity contribution is -0.124. The lowest BCUT2D eigenvalue weighted by atomic mass is 9.87. The van der Waals surface area contributed by atoms with Gasteiger partial charge in [-0.15, -0.1) is 0 Å². The van der Waals surface area contributed by atoms with Gasteiger partial charge in [-0.25, -0.2) is 0 Å². The molecule has 0 amide bonds. The van der Waals surface area contributed by atoms with E-state index in [0.29, 0.717) is 6.61 Å². The Bertz CT molecular complexity index is 776. The van der Waals surface area contributed by atoms with Gasteiger partial charge in [-0.3, -0.25) is 4.99 Å². The second-order valence-electron chi connectivity index (χ2n) is 9.23. The average Bonchev–Trinajstić information content (AvgIpc) is 3.11. The molecule has 5 nitrogen and oxygen atoms in total. The van der Waals surface area contributed by atoms with E-state index in [1.165, 1.54) is 0 Å². The summed E-state index contributed by atoms with van der Waals surface area (Å²) in [6.45, 7) is 10.7. The number of nitrogens with zero attached hydrogens (tertiary/aromatic N) is 2. The average molecular weight is 451 g/mol. The van der Waals surface area contributed by atoms with E-state index in [4.69, 9.17) is 14.5 Å². The van der Waals surface area contributed by atoms with Gasteiger partial charge >= 0.3 is 0 Å². The number of aliphatic imine (C=N–C) groups is 1. The fraction of sp³-hybridized carbons (Fsp3) is 0.609. The molecule has 0 saturated carbocycles. The summed E-state index contributed by atoms with van der Waals surface area (Å²) in [5.41, 5.74) is 2.05. The molecule has 166 valence electrons. The van der Waals surface area contributed by atoms with Gasteiger partial charge in [0.25, 0.3) is 0 Å². The number of hydrogen-bond acceptors (Lipinski definition) is 6. The van der Waals surface area contributed by atoms with Crippen LogP contribution in [0.1, 0.15) is 40.2 Å². The molecule has 0 bridgehead atoms. The van der Waals surface area contributed by atoms with Gasteiger partial charge in [-0.05, 0) is 44.4 Å². The number of benzene rings is 1. The van der Waals surface area contributed by atoms with Gasteiger partial charge in [0, 0.05) is 25.6 Å². The van der Waals surface area contributed by atoms with E-state index < -0.39 is 11.2 Å². The molecule has 30 heavy (non-hydrogen) atoms. The van der Waals surface area contributed by atoms with Crippen LogP contribution in [0.25, 0.3) is 0 Å². The van der Waals surface area contributed by atoms with Crippen molar-refractivity contribution in [3.63, 3.8) is 0 Å². The molecular weight excluding hydrogens is 416 g/mol. The first-order valence-corrected chi connectivity index (χ1v) is 12.5. The van der Waals surface area contributed by atoms with Crippen molar-refractivity contribution in [1.82, 2.24) is 4.90 Å². The minimum absolute atomic E-state index is 0.0525. The topological polar surface area (TPSA) is 57.1 Å². The van der Waals surface area contributed by atoms with Crippen LogP contribution in [0, 0.1) is 5.92 Å². The van der Waals surface area contributed by atoms with Crippen molar-refractivity contribution in [2.24, 2.45) is 10.9 Å². The molecule has 2 heterocycles. The Morgan fingerprint density at radius 1 is 1.30 bits per heavy atom. The third-order valence-corrected chi connectivity index (χ3v) is 8.48. The highest BCUT2D eigenvalue weighted by Gasteiger charge is 2.49. The molecule has 0 radical (unpaired) electrons.